The van der Waals surface area contributed by atoms with Gasteiger partial charge in [0.05, 0.1) is 6.07 Å². The molecule has 0 amide bonds. The van der Waals surface area contributed by atoms with E-state index in [2.05, 4.69) is 6.07 Å². The van der Waals surface area contributed by atoms with Crippen molar-refractivity contribution in [3.8, 4) is 6.07 Å². The van der Waals surface area contributed by atoms with Gasteiger partial charge in [0.15, 0.2) is 0 Å². The average Bonchev–Trinajstić information content (AvgIpc) is 2.71. The Balaban J connectivity index is 2.22. The lowest BCUT2D eigenvalue weighted by Crippen LogP contribution is -2.17. The van der Waals surface area contributed by atoms with Crippen molar-refractivity contribution in [3.05, 3.63) is 42.2 Å². The highest BCUT2D eigenvalue weighted by Gasteiger charge is 2.32. The number of benzene rings is 1. The zero-order chi connectivity index (χ0) is 10.7. The van der Waals surface area contributed by atoms with Gasteiger partial charge in [0.25, 0.3) is 0 Å². The summed E-state index contributed by atoms with van der Waals surface area (Å²) in [6, 6.07) is 8.88. The molecule has 0 saturated carbocycles. The molecule has 1 nitrogen and oxygen atoms in total. The van der Waals surface area contributed by atoms with Crippen LogP contribution in [0.2, 0.25) is 0 Å². The van der Waals surface area contributed by atoms with Gasteiger partial charge in [-0.1, -0.05) is 24.3 Å². The fourth-order valence-corrected chi connectivity index (χ4v) is 2.70. The number of rotatable bonds is 2. The summed E-state index contributed by atoms with van der Waals surface area (Å²) in [5.74, 6) is -0.246. The van der Waals surface area contributed by atoms with Gasteiger partial charge < -0.3 is 0 Å². The lowest BCUT2D eigenvalue weighted by Gasteiger charge is -2.19. The summed E-state index contributed by atoms with van der Waals surface area (Å²) in [7, 11) is 0. The molecule has 0 heterocycles. The predicted octanol–water partition coefficient (Wildman–Crippen LogP) is 3.53. The molecule has 0 radical (unpaired) electrons. The van der Waals surface area contributed by atoms with E-state index in [1.54, 1.807) is 18.2 Å². The number of nitrogens with zero attached hydrogens (tertiary/aromatic N) is 1. The maximum Gasteiger partial charge on any atom is 0.136 e. The molecular formula is C12H10FNS. The van der Waals surface area contributed by atoms with Crippen LogP contribution < -0.4 is 0 Å². The molecule has 0 unspecified atom stereocenters. The highest BCUT2D eigenvalue weighted by Crippen LogP contribution is 2.42. The second kappa shape index (κ2) is 4.08. The van der Waals surface area contributed by atoms with Gasteiger partial charge in [-0.2, -0.15) is 5.26 Å². The van der Waals surface area contributed by atoms with Gasteiger partial charge >= 0.3 is 0 Å². The van der Waals surface area contributed by atoms with Crippen molar-refractivity contribution in [2.45, 2.75) is 22.5 Å². The molecule has 0 fully saturated rings. The van der Waals surface area contributed by atoms with E-state index in [1.807, 2.05) is 12.2 Å². The first-order valence-electron chi connectivity index (χ1n) is 4.76. The van der Waals surface area contributed by atoms with Crippen molar-refractivity contribution in [2.24, 2.45) is 0 Å². The summed E-state index contributed by atoms with van der Waals surface area (Å²) in [6.07, 6.45) is 5.36. The Morgan fingerprint density at radius 3 is 2.53 bits per heavy atom. The summed E-state index contributed by atoms with van der Waals surface area (Å²) in [5.41, 5.74) is 0. The average molecular weight is 219 g/mol. The maximum absolute atomic E-state index is 13.4. The zero-order valence-corrected chi connectivity index (χ0v) is 8.93. The fraction of sp³-hybridized carbons (Fsp3) is 0.250. The van der Waals surface area contributed by atoms with E-state index >= 15 is 0 Å². The quantitative estimate of drug-likeness (QED) is 0.710. The van der Waals surface area contributed by atoms with Crippen LogP contribution in [0.25, 0.3) is 0 Å². The van der Waals surface area contributed by atoms with Crippen LogP contribution in [0.15, 0.2) is 41.3 Å². The Labute approximate surface area is 92.6 Å². The third kappa shape index (κ3) is 2.05. The van der Waals surface area contributed by atoms with Crippen molar-refractivity contribution in [3.63, 3.8) is 0 Å². The van der Waals surface area contributed by atoms with Crippen LogP contribution in [-0.4, -0.2) is 4.75 Å². The summed E-state index contributed by atoms with van der Waals surface area (Å²) in [4.78, 5) is 0.558. The van der Waals surface area contributed by atoms with E-state index in [0.717, 1.165) is 0 Å². The Hall–Kier alpha value is -1.27. The third-order valence-electron chi connectivity index (χ3n) is 2.41. The number of halogens is 1. The summed E-state index contributed by atoms with van der Waals surface area (Å²) >= 11 is 1.33. The molecule has 0 aromatic heterocycles. The summed E-state index contributed by atoms with van der Waals surface area (Å²) in [5, 5.41) is 9.14. The molecule has 0 bridgehead atoms. The van der Waals surface area contributed by atoms with Gasteiger partial charge in [-0.25, -0.2) is 4.39 Å². The van der Waals surface area contributed by atoms with Crippen LogP contribution in [0, 0.1) is 17.1 Å². The van der Waals surface area contributed by atoms with Gasteiger partial charge in [-0.05, 0) is 25.0 Å². The van der Waals surface area contributed by atoms with Crippen molar-refractivity contribution >= 4 is 11.8 Å². The molecule has 1 aromatic carbocycles. The van der Waals surface area contributed by atoms with Gasteiger partial charge in [-0.3, -0.25) is 0 Å². The fourth-order valence-electron chi connectivity index (χ4n) is 1.57. The highest BCUT2D eigenvalue weighted by atomic mass is 32.2. The van der Waals surface area contributed by atoms with Crippen molar-refractivity contribution in [1.29, 1.82) is 5.26 Å². The minimum atomic E-state index is -0.498. The van der Waals surface area contributed by atoms with E-state index < -0.39 is 4.75 Å². The van der Waals surface area contributed by atoms with E-state index in [-0.39, 0.29) is 5.82 Å². The molecule has 15 heavy (non-hydrogen) atoms. The van der Waals surface area contributed by atoms with Crippen molar-refractivity contribution in [1.82, 2.24) is 0 Å². The van der Waals surface area contributed by atoms with Crippen LogP contribution in [0.5, 0.6) is 0 Å². The minimum absolute atomic E-state index is 0.246. The van der Waals surface area contributed by atoms with Crippen LogP contribution in [0.3, 0.4) is 0 Å². The largest absolute Gasteiger partial charge is 0.206 e. The molecular weight excluding hydrogens is 209 g/mol. The second-order valence-electron chi connectivity index (χ2n) is 3.52. The van der Waals surface area contributed by atoms with Crippen LogP contribution in [0.4, 0.5) is 4.39 Å². The van der Waals surface area contributed by atoms with E-state index in [1.165, 1.54) is 17.8 Å². The first kappa shape index (κ1) is 10.3. The number of thioether (sulfide) groups is 1. The standard InChI is InChI=1S/C12H10FNS/c13-10-5-1-2-6-11(10)15-12(9-14)7-3-4-8-12/h1-6H,7-8H2. The topological polar surface area (TPSA) is 23.8 Å². The number of nitriles is 1. The Kier molecular flexibility index (Phi) is 2.79. The van der Waals surface area contributed by atoms with Crippen LogP contribution >= 0.6 is 11.8 Å². The highest BCUT2D eigenvalue weighted by molar-refractivity contribution is 8.01. The van der Waals surface area contributed by atoms with E-state index in [9.17, 15) is 4.39 Å². The molecule has 3 heteroatoms. The van der Waals surface area contributed by atoms with E-state index in [0.29, 0.717) is 17.7 Å². The van der Waals surface area contributed by atoms with Crippen LogP contribution in [0.1, 0.15) is 12.8 Å². The zero-order valence-electron chi connectivity index (χ0n) is 8.11. The minimum Gasteiger partial charge on any atom is -0.206 e. The molecule has 0 saturated heterocycles. The van der Waals surface area contributed by atoms with Crippen molar-refractivity contribution < 1.29 is 4.39 Å². The van der Waals surface area contributed by atoms with E-state index in [4.69, 9.17) is 5.26 Å². The predicted molar refractivity (Wildman–Crippen MR) is 59.0 cm³/mol. The molecule has 1 aromatic rings. The monoisotopic (exact) mass is 219 g/mol. The Bertz CT molecular complexity index is 425. The lowest BCUT2D eigenvalue weighted by molar-refractivity contribution is 0.600. The molecule has 0 aliphatic heterocycles. The Morgan fingerprint density at radius 2 is 1.93 bits per heavy atom. The SMILES string of the molecule is N#CC1(Sc2ccccc2F)CC=CC1. The first-order chi connectivity index (χ1) is 7.26. The maximum atomic E-state index is 13.4. The normalized spacial score (nSPS) is 17.6. The number of allylic oxidation sites excluding steroid dienone is 2. The van der Waals surface area contributed by atoms with Crippen molar-refractivity contribution in [2.75, 3.05) is 0 Å². The summed E-state index contributed by atoms with van der Waals surface area (Å²) in [6.45, 7) is 0. The van der Waals surface area contributed by atoms with Gasteiger partial charge in [0, 0.05) is 4.90 Å². The van der Waals surface area contributed by atoms with Gasteiger partial charge in [0.2, 0.25) is 0 Å². The molecule has 76 valence electrons. The number of hydrogen-bond donors (Lipinski definition) is 0. The first-order valence-corrected chi connectivity index (χ1v) is 5.57. The molecule has 2 rings (SSSR count). The molecule has 1 aliphatic carbocycles. The lowest BCUT2D eigenvalue weighted by atomic mass is 10.1. The Morgan fingerprint density at radius 1 is 1.27 bits per heavy atom. The third-order valence-corrected chi connectivity index (χ3v) is 3.77. The smallest absolute Gasteiger partial charge is 0.136 e. The van der Waals surface area contributed by atoms with Crippen LogP contribution in [-0.2, 0) is 0 Å². The summed E-state index contributed by atoms with van der Waals surface area (Å²) < 4.78 is 12.9. The van der Waals surface area contributed by atoms with Gasteiger partial charge in [0.1, 0.15) is 10.6 Å². The number of hydrogen-bond acceptors (Lipinski definition) is 2. The second-order valence-corrected chi connectivity index (χ2v) is 4.94. The van der Waals surface area contributed by atoms with Gasteiger partial charge in [-0.15, -0.1) is 11.8 Å². The molecule has 0 spiro atoms. The molecule has 0 atom stereocenters. The molecule has 0 N–H and O–H groups in total. The molecule has 1 aliphatic rings.